The fourth-order valence-electron chi connectivity index (χ4n) is 7.45. The van der Waals surface area contributed by atoms with Gasteiger partial charge < -0.3 is 8.83 Å². The van der Waals surface area contributed by atoms with E-state index in [4.69, 9.17) is 28.8 Å². The van der Waals surface area contributed by atoms with Gasteiger partial charge in [0, 0.05) is 43.8 Å². The highest BCUT2D eigenvalue weighted by Gasteiger charge is 2.22. The number of benzene rings is 8. The lowest BCUT2D eigenvalue weighted by molar-refractivity contribution is 0.623. The molecule has 0 fully saturated rings. The number of rotatable bonds is 4. The largest absolute Gasteiger partial charge is 0.455 e. The Kier molecular flexibility index (Phi) is 6.15. The molecule has 0 spiro atoms. The Bertz CT molecular complexity index is 3200. The van der Waals surface area contributed by atoms with Crippen molar-refractivity contribution in [3.05, 3.63) is 158 Å². The van der Waals surface area contributed by atoms with Crippen molar-refractivity contribution >= 4 is 65.4 Å². The van der Waals surface area contributed by atoms with E-state index in [-0.39, 0.29) is 0 Å². The maximum absolute atomic E-state index is 6.56. The third-order valence-electron chi connectivity index (χ3n) is 9.91. The number of furan rings is 1. The highest BCUT2D eigenvalue weighted by Crippen LogP contribution is 2.42. The van der Waals surface area contributed by atoms with Crippen molar-refractivity contribution in [2.75, 3.05) is 0 Å². The lowest BCUT2D eigenvalue weighted by Crippen LogP contribution is -2.01. The smallest absolute Gasteiger partial charge is 0.227 e. The van der Waals surface area contributed by atoms with Gasteiger partial charge in [-0.15, -0.1) is 0 Å². The zero-order chi connectivity index (χ0) is 34.2. The maximum atomic E-state index is 6.56. The van der Waals surface area contributed by atoms with E-state index in [1.54, 1.807) is 0 Å². The predicted octanol–water partition coefficient (Wildman–Crippen LogP) is 12.0. The summed E-state index contributed by atoms with van der Waals surface area (Å²) in [7, 11) is 0. The van der Waals surface area contributed by atoms with Crippen molar-refractivity contribution in [2.45, 2.75) is 0 Å². The van der Waals surface area contributed by atoms with Crippen LogP contribution < -0.4 is 0 Å². The molecule has 3 aromatic heterocycles. The predicted molar refractivity (Wildman–Crippen MR) is 209 cm³/mol. The van der Waals surface area contributed by atoms with Crippen molar-refractivity contribution in [3.63, 3.8) is 0 Å². The van der Waals surface area contributed by atoms with Gasteiger partial charge in [-0.3, -0.25) is 0 Å². The molecule has 0 saturated carbocycles. The van der Waals surface area contributed by atoms with Crippen LogP contribution in [0.1, 0.15) is 0 Å². The Balaban J connectivity index is 1.23. The molecule has 0 unspecified atom stereocenters. The Hall–Kier alpha value is -7.18. The Morgan fingerprint density at radius 3 is 1.87 bits per heavy atom. The topological polar surface area (TPSA) is 77.8 Å². The molecule has 0 N–H and O–H groups in total. The molecule has 11 aromatic rings. The minimum Gasteiger partial charge on any atom is -0.455 e. The van der Waals surface area contributed by atoms with Crippen LogP contribution in [0.15, 0.2) is 167 Å². The first-order valence-electron chi connectivity index (χ1n) is 17.2. The second-order valence-electron chi connectivity index (χ2n) is 13.0. The standard InChI is InChI=1S/C46H26N4O2/c1-2-13-28(14-3-1)46-47-38-26-36(33-18-8-9-19-34(33)41(38)52-46)44-48-43(31-23-22-27-12-4-5-15-29(27)24-31)49-45(50-44)37-25-30-16-6-7-17-32(30)42-40(37)35-20-10-11-21-39(35)51-42/h1-26H. The molecule has 0 bridgehead atoms. The summed E-state index contributed by atoms with van der Waals surface area (Å²) in [4.78, 5) is 20.7. The van der Waals surface area contributed by atoms with Crippen molar-refractivity contribution < 1.29 is 8.83 Å². The number of fused-ring (bicyclic) bond motifs is 9. The van der Waals surface area contributed by atoms with Crippen LogP contribution >= 0.6 is 0 Å². The zero-order valence-corrected chi connectivity index (χ0v) is 27.6. The molecule has 0 aliphatic carbocycles. The molecule has 52 heavy (non-hydrogen) atoms. The third kappa shape index (κ3) is 4.44. The van der Waals surface area contributed by atoms with Crippen LogP contribution in [0.3, 0.4) is 0 Å². The van der Waals surface area contributed by atoms with Gasteiger partial charge in [0.1, 0.15) is 16.7 Å². The van der Waals surface area contributed by atoms with Crippen molar-refractivity contribution in [2.24, 2.45) is 0 Å². The molecule has 6 heteroatoms. The summed E-state index contributed by atoms with van der Waals surface area (Å²) in [6.45, 7) is 0. The minimum absolute atomic E-state index is 0.546. The van der Waals surface area contributed by atoms with E-state index in [2.05, 4.69) is 78.9 Å². The van der Waals surface area contributed by atoms with E-state index < -0.39 is 0 Å². The number of hydrogen-bond acceptors (Lipinski definition) is 6. The molecule has 0 radical (unpaired) electrons. The van der Waals surface area contributed by atoms with E-state index >= 15 is 0 Å². The molecule has 0 amide bonds. The summed E-state index contributed by atoms with van der Waals surface area (Å²) in [5.41, 5.74) is 6.62. The molecule has 0 atom stereocenters. The zero-order valence-electron chi connectivity index (χ0n) is 27.6. The summed E-state index contributed by atoms with van der Waals surface area (Å²) in [6, 6.07) is 53.5. The normalized spacial score (nSPS) is 11.8. The molecule has 0 saturated heterocycles. The average molecular weight is 667 g/mol. The second-order valence-corrected chi connectivity index (χ2v) is 13.0. The first-order chi connectivity index (χ1) is 25.7. The van der Waals surface area contributed by atoms with Gasteiger partial charge in [0.15, 0.2) is 23.1 Å². The lowest BCUT2D eigenvalue weighted by Gasteiger charge is -2.12. The summed E-state index contributed by atoms with van der Waals surface area (Å²) in [5.74, 6) is 2.25. The van der Waals surface area contributed by atoms with Gasteiger partial charge in [-0.2, -0.15) is 0 Å². The van der Waals surface area contributed by atoms with Crippen LogP contribution in [0.25, 0.3) is 111 Å². The summed E-state index contributed by atoms with van der Waals surface area (Å²) >= 11 is 0. The molecular weight excluding hydrogens is 641 g/mol. The number of para-hydroxylation sites is 1. The van der Waals surface area contributed by atoms with Crippen molar-refractivity contribution in [1.82, 2.24) is 19.9 Å². The first kappa shape index (κ1) is 28.6. The van der Waals surface area contributed by atoms with Crippen LogP contribution in [0.4, 0.5) is 0 Å². The van der Waals surface area contributed by atoms with Gasteiger partial charge in [0.2, 0.25) is 5.89 Å². The fourth-order valence-corrected chi connectivity index (χ4v) is 7.45. The minimum atomic E-state index is 0.546. The molecule has 0 aliphatic heterocycles. The number of oxazole rings is 1. The van der Waals surface area contributed by atoms with Gasteiger partial charge in [-0.25, -0.2) is 19.9 Å². The average Bonchev–Trinajstić information content (AvgIpc) is 3.83. The van der Waals surface area contributed by atoms with Crippen LogP contribution in [0.5, 0.6) is 0 Å². The van der Waals surface area contributed by atoms with Crippen LogP contribution in [-0.2, 0) is 0 Å². The summed E-state index contributed by atoms with van der Waals surface area (Å²) in [6.07, 6.45) is 0. The Labute approximate surface area is 296 Å². The van der Waals surface area contributed by atoms with Crippen molar-refractivity contribution in [1.29, 1.82) is 0 Å². The quantitative estimate of drug-likeness (QED) is 0.186. The number of hydrogen-bond donors (Lipinski definition) is 0. The van der Waals surface area contributed by atoms with Crippen LogP contribution in [0, 0.1) is 0 Å². The van der Waals surface area contributed by atoms with Gasteiger partial charge in [-0.05, 0) is 57.9 Å². The molecule has 11 rings (SSSR count). The van der Waals surface area contributed by atoms with E-state index in [0.717, 1.165) is 87.6 Å². The molecule has 0 aliphatic rings. The summed E-state index contributed by atoms with van der Waals surface area (Å²) < 4.78 is 13.0. The first-order valence-corrected chi connectivity index (χ1v) is 17.2. The van der Waals surface area contributed by atoms with Crippen molar-refractivity contribution in [3.8, 4) is 45.6 Å². The highest BCUT2D eigenvalue weighted by molar-refractivity contribution is 6.21. The summed E-state index contributed by atoms with van der Waals surface area (Å²) in [5, 5.41) is 8.23. The lowest BCUT2D eigenvalue weighted by atomic mass is 9.99. The van der Waals surface area contributed by atoms with Gasteiger partial charge in [-0.1, -0.05) is 121 Å². The van der Waals surface area contributed by atoms with Gasteiger partial charge in [0.25, 0.3) is 0 Å². The van der Waals surface area contributed by atoms with Gasteiger partial charge in [0.05, 0.1) is 0 Å². The third-order valence-corrected chi connectivity index (χ3v) is 9.91. The molecule has 6 nitrogen and oxygen atoms in total. The fraction of sp³-hybridized carbons (Fsp3) is 0. The number of aromatic nitrogens is 4. The number of nitrogens with zero attached hydrogens (tertiary/aromatic N) is 4. The Morgan fingerprint density at radius 1 is 0.365 bits per heavy atom. The highest BCUT2D eigenvalue weighted by atomic mass is 16.3. The van der Waals surface area contributed by atoms with E-state index in [9.17, 15) is 0 Å². The molecular formula is C46H26N4O2. The van der Waals surface area contributed by atoms with Gasteiger partial charge >= 0.3 is 0 Å². The van der Waals surface area contributed by atoms with E-state index in [1.165, 1.54) is 0 Å². The molecule has 8 aromatic carbocycles. The monoisotopic (exact) mass is 666 g/mol. The van der Waals surface area contributed by atoms with Crippen LogP contribution in [0.2, 0.25) is 0 Å². The maximum Gasteiger partial charge on any atom is 0.227 e. The molecule has 3 heterocycles. The SMILES string of the molecule is c1ccc(-c2nc3cc(-c4nc(-c5ccc6ccccc6c5)nc(-c5cc6ccccc6c6oc7ccccc7c56)n4)c4ccccc4c3o2)cc1. The molecule has 242 valence electrons. The van der Waals surface area contributed by atoms with E-state index in [0.29, 0.717) is 23.4 Å². The second kappa shape index (κ2) is 11.2. The van der Waals surface area contributed by atoms with Crippen LogP contribution in [-0.4, -0.2) is 19.9 Å². The Morgan fingerprint density at radius 2 is 1.02 bits per heavy atom. The van der Waals surface area contributed by atoms with E-state index in [1.807, 2.05) is 78.9 Å².